The summed E-state index contributed by atoms with van der Waals surface area (Å²) in [6.45, 7) is 13.4. The minimum absolute atomic E-state index is 0.0610. The van der Waals surface area contributed by atoms with Gasteiger partial charge in [0, 0.05) is 0 Å². The Kier molecular flexibility index (Phi) is 10.3. The van der Waals surface area contributed by atoms with Gasteiger partial charge in [0.25, 0.3) is 11.9 Å². The number of amidine groups is 1. The lowest BCUT2D eigenvalue weighted by atomic mass is 10.2. The predicted octanol–water partition coefficient (Wildman–Crippen LogP) is 4.36. The van der Waals surface area contributed by atoms with Crippen LogP contribution in [-0.4, -0.2) is 48.6 Å². The van der Waals surface area contributed by atoms with Crippen LogP contribution >= 0.6 is 11.6 Å². The Bertz CT molecular complexity index is 586. The zero-order valence-electron chi connectivity index (χ0n) is 16.6. The number of rotatable bonds is 9. The normalized spacial score (nSPS) is 13.2. The number of halogens is 1. The first-order chi connectivity index (χ1) is 12.4. The zero-order valence-corrected chi connectivity index (χ0v) is 17.3. The predicted molar refractivity (Wildman–Crippen MR) is 109 cm³/mol. The summed E-state index contributed by atoms with van der Waals surface area (Å²) in [5.74, 6) is -0.314. The molecule has 146 valence electrons. The average molecular weight is 382 g/mol. The van der Waals surface area contributed by atoms with Crippen LogP contribution in [0.4, 0.5) is 0 Å². The van der Waals surface area contributed by atoms with Crippen molar-refractivity contribution in [1.29, 1.82) is 0 Å². The molecule has 5 nitrogen and oxygen atoms in total. The minimum atomic E-state index is -0.314. The van der Waals surface area contributed by atoms with Crippen LogP contribution in [0.3, 0.4) is 0 Å². The first-order valence-corrected chi connectivity index (χ1v) is 9.77. The van der Waals surface area contributed by atoms with E-state index in [1.165, 1.54) is 0 Å². The van der Waals surface area contributed by atoms with Gasteiger partial charge < -0.3 is 9.64 Å². The van der Waals surface area contributed by atoms with Crippen LogP contribution in [0.15, 0.2) is 29.3 Å². The van der Waals surface area contributed by atoms with Crippen LogP contribution in [0.1, 0.15) is 57.8 Å². The second-order valence-electron chi connectivity index (χ2n) is 6.55. The summed E-state index contributed by atoms with van der Waals surface area (Å²) in [5.41, 5.74) is 0.406. The number of carbonyl (C=O) groups excluding carboxylic acids is 1. The third-order valence-corrected chi connectivity index (χ3v) is 4.34. The standard InChI is InChI=1S/C20H32ClN3O2/c1-6-24(7-2)14-10-11-16(5)22-20(26-15(3)4)23-19(25)17-12-8-9-13-18(17)21/h8-9,12-13,15-16H,6-7,10-11,14H2,1-5H3,(H,22,23,25). The molecule has 0 heterocycles. The van der Waals surface area contributed by atoms with E-state index in [1.807, 2.05) is 20.8 Å². The Morgan fingerprint density at radius 2 is 1.88 bits per heavy atom. The molecule has 1 N–H and O–H groups in total. The maximum atomic E-state index is 12.5. The van der Waals surface area contributed by atoms with Gasteiger partial charge in [0.1, 0.15) is 0 Å². The molecule has 0 saturated heterocycles. The molecule has 0 fully saturated rings. The molecule has 0 aliphatic rings. The van der Waals surface area contributed by atoms with Crippen LogP contribution < -0.4 is 5.32 Å². The van der Waals surface area contributed by atoms with Gasteiger partial charge in [-0.25, -0.2) is 4.99 Å². The summed E-state index contributed by atoms with van der Waals surface area (Å²) in [7, 11) is 0. The molecule has 0 aliphatic heterocycles. The summed E-state index contributed by atoms with van der Waals surface area (Å²) < 4.78 is 5.69. The lowest BCUT2D eigenvalue weighted by Crippen LogP contribution is -2.35. The van der Waals surface area contributed by atoms with Gasteiger partial charge in [0.2, 0.25) is 0 Å². The van der Waals surface area contributed by atoms with Crippen LogP contribution in [0, 0.1) is 0 Å². The number of aliphatic imine (C=N–C) groups is 1. The maximum absolute atomic E-state index is 12.5. The summed E-state index contributed by atoms with van der Waals surface area (Å²) in [6, 6.07) is 7.24. The number of benzene rings is 1. The van der Waals surface area contributed by atoms with E-state index in [0.717, 1.165) is 32.5 Å². The first kappa shape index (κ1) is 22.5. The van der Waals surface area contributed by atoms with Crippen molar-refractivity contribution in [3.8, 4) is 0 Å². The molecular weight excluding hydrogens is 350 g/mol. The molecular formula is C20H32ClN3O2. The van der Waals surface area contributed by atoms with E-state index in [1.54, 1.807) is 24.3 Å². The second kappa shape index (κ2) is 11.9. The van der Waals surface area contributed by atoms with E-state index in [2.05, 4.69) is 29.1 Å². The topological polar surface area (TPSA) is 53.9 Å². The second-order valence-corrected chi connectivity index (χ2v) is 6.96. The van der Waals surface area contributed by atoms with E-state index in [9.17, 15) is 4.79 Å². The molecule has 0 bridgehead atoms. The fourth-order valence-corrected chi connectivity index (χ4v) is 2.76. The highest BCUT2D eigenvalue weighted by molar-refractivity contribution is 6.34. The number of nitrogens with one attached hydrogen (secondary N) is 1. The first-order valence-electron chi connectivity index (χ1n) is 9.40. The highest BCUT2D eigenvalue weighted by atomic mass is 35.5. The van der Waals surface area contributed by atoms with E-state index >= 15 is 0 Å². The number of amides is 1. The van der Waals surface area contributed by atoms with Gasteiger partial charge in [0.15, 0.2) is 0 Å². The van der Waals surface area contributed by atoms with Crippen molar-refractivity contribution in [2.24, 2.45) is 4.99 Å². The van der Waals surface area contributed by atoms with Crippen molar-refractivity contribution in [2.75, 3.05) is 19.6 Å². The molecule has 1 aromatic carbocycles. The Morgan fingerprint density at radius 1 is 1.23 bits per heavy atom. The van der Waals surface area contributed by atoms with Crippen molar-refractivity contribution >= 4 is 23.5 Å². The van der Waals surface area contributed by atoms with Gasteiger partial charge in [-0.15, -0.1) is 0 Å². The van der Waals surface area contributed by atoms with Crippen molar-refractivity contribution in [2.45, 2.75) is 59.6 Å². The third kappa shape index (κ3) is 8.19. The molecule has 1 unspecified atom stereocenters. The van der Waals surface area contributed by atoms with Crippen LogP contribution in [0.5, 0.6) is 0 Å². The Balaban J connectivity index is 2.71. The summed E-state index contributed by atoms with van der Waals surface area (Å²) in [5, 5.41) is 3.16. The van der Waals surface area contributed by atoms with Crippen molar-refractivity contribution in [3.63, 3.8) is 0 Å². The Morgan fingerprint density at radius 3 is 2.46 bits per heavy atom. The van der Waals surface area contributed by atoms with Crippen molar-refractivity contribution in [1.82, 2.24) is 10.2 Å². The monoisotopic (exact) mass is 381 g/mol. The van der Waals surface area contributed by atoms with E-state index < -0.39 is 0 Å². The van der Waals surface area contributed by atoms with Gasteiger partial charge in [0.05, 0.1) is 22.7 Å². The molecule has 1 atom stereocenters. The number of nitrogens with zero attached hydrogens (tertiary/aromatic N) is 2. The van der Waals surface area contributed by atoms with Gasteiger partial charge in [-0.1, -0.05) is 37.6 Å². The summed E-state index contributed by atoms with van der Waals surface area (Å²) in [6.07, 6.45) is 1.91. The molecule has 26 heavy (non-hydrogen) atoms. The summed E-state index contributed by atoms with van der Waals surface area (Å²) in [4.78, 5) is 19.4. The lowest BCUT2D eigenvalue weighted by molar-refractivity contribution is 0.0959. The van der Waals surface area contributed by atoms with Crippen LogP contribution in [0.25, 0.3) is 0 Å². The lowest BCUT2D eigenvalue weighted by Gasteiger charge is -2.19. The zero-order chi connectivity index (χ0) is 19.5. The van der Waals surface area contributed by atoms with Gasteiger partial charge in [-0.05, 0) is 65.4 Å². The molecule has 1 rings (SSSR count). The molecule has 0 aromatic heterocycles. The Labute approximate surface area is 162 Å². The molecule has 0 radical (unpaired) electrons. The molecule has 1 amide bonds. The van der Waals surface area contributed by atoms with Crippen molar-refractivity contribution < 1.29 is 9.53 Å². The minimum Gasteiger partial charge on any atom is -0.462 e. The molecule has 1 aromatic rings. The number of ether oxygens (including phenoxy) is 1. The molecule has 6 heteroatoms. The SMILES string of the molecule is CCN(CC)CCCC(C)N=C(NC(=O)c1ccccc1Cl)OC(C)C. The van der Waals surface area contributed by atoms with E-state index in [-0.39, 0.29) is 24.1 Å². The molecule has 0 spiro atoms. The Hall–Kier alpha value is -1.59. The number of hydrogen-bond donors (Lipinski definition) is 1. The van der Waals surface area contributed by atoms with Crippen molar-refractivity contribution in [3.05, 3.63) is 34.9 Å². The van der Waals surface area contributed by atoms with E-state index in [4.69, 9.17) is 16.3 Å². The van der Waals surface area contributed by atoms with Gasteiger partial charge >= 0.3 is 0 Å². The molecule has 0 aliphatic carbocycles. The smallest absolute Gasteiger partial charge is 0.292 e. The highest BCUT2D eigenvalue weighted by Gasteiger charge is 2.15. The quantitative estimate of drug-likeness (QED) is 0.510. The van der Waals surface area contributed by atoms with Gasteiger partial charge in [-0.3, -0.25) is 10.1 Å². The number of carbonyl (C=O) groups is 1. The highest BCUT2D eigenvalue weighted by Crippen LogP contribution is 2.14. The largest absolute Gasteiger partial charge is 0.462 e. The number of hydrogen-bond acceptors (Lipinski definition) is 4. The fourth-order valence-electron chi connectivity index (χ4n) is 2.54. The average Bonchev–Trinajstić information content (AvgIpc) is 2.58. The molecule has 0 saturated carbocycles. The van der Waals surface area contributed by atoms with Gasteiger partial charge in [-0.2, -0.15) is 0 Å². The fraction of sp³-hybridized carbons (Fsp3) is 0.600. The summed E-state index contributed by atoms with van der Waals surface area (Å²) >= 11 is 6.09. The van der Waals surface area contributed by atoms with E-state index in [0.29, 0.717) is 10.6 Å². The maximum Gasteiger partial charge on any atom is 0.292 e. The third-order valence-electron chi connectivity index (χ3n) is 4.01. The van der Waals surface area contributed by atoms with Crippen LogP contribution in [0.2, 0.25) is 5.02 Å². The van der Waals surface area contributed by atoms with Crippen LogP contribution in [-0.2, 0) is 4.74 Å².